The number of benzene rings is 3. The standard InChI is InChI=1S/C26H23BrF2N6O/c1-16-5-4-6-19(24(16)27)15-34-23-13-20(9-12-22(23)17(2)31-34)26(28,29)25-30-32-33-35(25)14-18-7-10-21(36-3)11-8-18/h4-13H,14-15H2,1-3H3. The van der Waals surface area contributed by atoms with E-state index >= 15 is 8.78 Å². The number of methoxy groups -OCH3 is 1. The van der Waals surface area contributed by atoms with Gasteiger partial charge in [0.05, 0.1) is 31.4 Å². The van der Waals surface area contributed by atoms with E-state index < -0.39 is 11.7 Å². The number of aryl methyl sites for hydroxylation is 2. The molecule has 0 amide bonds. The molecule has 2 heterocycles. The summed E-state index contributed by atoms with van der Waals surface area (Å²) in [6, 6.07) is 17.7. The number of tetrazole rings is 1. The molecule has 0 aliphatic rings. The highest BCUT2D eigenvalue weighted by molar-refractivity contribution is 9.10. The van der Waals surface area contributed by atoms with Gasteiger partial charge in [0, 0.05) is 15.4 Å². The minimum atomic E-state index is -3.42. The maximum absolute atomic E-state index is 15.8. The van der Waals surface area contributed by atoms with E-state index in [0.717, 1.165) is 36.9 Å². The Morgan fingerprint density at radius 1 is 0.972 bits per heavy atom. The van der Waals surface area contributed by atoms with Crippen LogP contribution >= 0.6 is 15.9 Å². The van der Waals surface area contributed by atoms with E-state index in [1.54, 1.807) is 42.1 Å². The van der Waals surface area contributed by atoms with E-state index in [4.69, 9.17) is 4.74 Å². The summed E-state index contributed by atoms with van der Waals surface area (Å²) in [4.78, 5) is 0. The van der Waals surface area contributed by atoms with Gasteiger partial charge in [-0.15, -0.1) is 5.10 Å². The van der Waals surface area contributed by atoms with Crippen LogP contribution in [0.4, 0.5) is 8.78 Å². The van der Waals surface area contributed by atoms with Crippen LogP contribution in [0.3, 0.4) is 0 Å². The molecular weight excluding hydrogens is 530 g/mol. The van der Waals surface area contributed by atoms with Gasteiger partial charge < -0.3 is 4.74 Å². The van der Waals surface area contributed by atoms with Crippen LogP contribution in [0, 0.1) is 13.8 Å². The van der Waals surface area contributed by atoms with Crippen LogP contribution in [-0.4, -0.2) is 37.1 Å². The Balaban J connectivity index is 1.50. The zero-order valence-corrected chi connectivity index (χ0v) is 21.5. The molecule has 2 aromatic heterocycles. The Bertz CT molecular complexity index is 1540. The van der Waals surface area contributed by atoms with Crippen LogP contribution in [0.5, 0.6) is 5.75 Å². The fourth-order valence-electron chi connectivity index (χ4n) is 4.22. The fraction of sp³-hybridized carbons (Fsp3) is 0.231. The van der Waals surface area contributed by atoms with Gasteiger partial charge in [0.25, 0.3) is 0 Å². The van der Waals surface area contributed by atoms with Crippen LogP contribution in [0.25, 0.3) is 10.9 Å². The van der Waals surface area contributed by atoms with Gasteiger partial charge in [0.2, 0.25) is 5.82 Å². The molecule has 0 bridgehead atoms. The number of aromatic nitrogens is 6. The van der Waals surface area contributed by atoms with Crippen molar-refractivity contribution in [2.45, 2.75) is 32.9 Å². The van der Waals surface area contributed by atoms with Crippen LogP contribution < -0.4 is 4.74 Å². The summed E-state index contributed by atoms with van der Waals surface area (Å²) in [7, 11) is 1.57. The van der Waals surface area contributed by atoms with Crippen molar-refractivity contribution in [3.63, 3.8) is 0 Å². The maximum Gasteiger partial charge on any atom is 0.333 e. The lowest BCUT2D eigenvalue weighted by atomic mass is 10.0. The zero-order valence-electron chi connectivity index (χ0n) is 19.9. The Morgan fingerprint density at radius 3 is 2.50 bits per heavy atom. The predicted molar refractivity (Wildman–Crippen MR) is 135 cm³/mol. The number of hydrogen-bond acceptors (Lipinski definition) is 5. The molecule has 0 saturated carbocycles. The molecule has 0 fully saturated rings. The van der Waals surface area contributed by atoms with E-state index in [-0.39, 0.29) is 12.1 Å². The second-order valence-corrected chi connectivity index (χ2v) is 9.40. The van der Waals surface area contributed by atoms with Gasteiger partial charge in [-0.05, 0) is 59.2 Å². The number of rotatable bonds is 7. The molecule has 7 nitrogen and oxygen atoms in total. The molecule has 0 unspecified atom stereocenters. The first-order valence-corrected chi connectivity index (χ1v) is 12.1. The summed E-state index contributed by atoms with van der Waals surface area (Å²) < 4.78 is 40.6. The van der Waals surface area contributed by atoms with E-state index in [1.807, 2.05) is 32.0 Å². The molecule has 0 atom stereocenters. The van der Waals surface area contributed by atoms with Crippen molar-refractivity contribution in [3.05, 3.63) is 98.9 Å². The van der Waals surface area contributed by atoms with Crippen molar-refractivity contribution >= 4 is 26.8 Å². The van der Waals surface area contributed by atoms with Crippen molar-refractivity contribution in [2.24, 2.45) is 0 Å². The number of alkyl halides is 2. The summed E-state index contributed by atoms with van der Waals surface area (Å²) in [6.45, 7) is 4.42. The molecule has 5 rings (SSSR count). The van der Waals surface area contributed by atoms with Gasteiger partial charge in [0.15, 0.2) is 0 Å². The van der Waals surface area contributed by atoms with E-state index in [9.17, 15) is 0 Å². The Labute approximate surface area is 214 Å². The average molecular weight is 553 g/mol. The maximum atomic E-state index is 15.8. The molecule has 184 valence electrons. The van der Waals surface area contributed by atoms with Crippen molar-refractivity contribution in [1.29, 1.82) is 0 Å². The van der Waals surface area contributed by atoms with Crippen LogP contribution in [0.2, 0.25) is 0 Å². The van der Waals surface area contributed by atoms with Crippen molar-refractivity contribution in [2.75, 3.05) is 7.11 Å². The smallest absolute Gasteiger partial charge is 0.333 e. The normalized spacial score (nSPS) is 11.8. The fourth-order valence-corrected chi connectivity index (χ4v) is 4.61. The third-order valence-electron chi connectivity index (χ3n) is 6.19. The number of ether oxygens (including phenoxy) is 1. The topological polar surface area (TPSA) is 70.7 Å². The summed E-state index contributed by atoms with van der Waals surface area (Å²) in [5.74, 6) is -3.27. The lowest BCUT2D eigenvalue weighted by molar-refractivity contribution is 0.0281. The molecule has 5 aromatic rings. The van der Waals surface area contributed by atoms with Crippen molar-refractivity contribution in [3.8, 4) is 5.75 Å². The summed E-state index contributed by atoms with van der Waals surface area (Å²) in [5, 5.41) is 16.5. The highest BCUT2D eigenvalue weighted by Crippen LogP contribution is 2.36. The molecule has 0 aliphatic heterocycles. The molecular formula is C26H23BrF2N6O. The summed E-state index contributed by atoms with van der Waals surface area (Å²) in [5.41, 5.74) is 4.06. The number of fused-ring (bicyclic) bond motifs is 1. The van der Waals surface area contributed by atoms with E-state index in [1.165, 1.54) is 12.1 Å². The molecule has 0 saturated heterocycles. The highest BCUT2D eigenvalue weighted by atomic mass is 79.9. The highest BCUT2D eigenvalue weighted by Gasteiger charge is 2.40. The quantitative estimate of drug-likeness (QED) is 0.261. The largest absolute Gasteiger partial charge is 0.497 e. The van der Waals surface area contributed by atoms with Gasteiger partial charge in [-0.25, -0.2) is 4.68 Å². The van der Waals surface area contributed by atoms with E-state index in [2.05, 4.69) is 36.6 Å². The van der Waals surface area contributed by atoms with Gasteiger partial charge in [-0.1, -0.05) is 58.4 Å². The average Bonchev–Trinajstić information content (AvgIpc) is 3.47. The Morgan fingerprint density at radius 2 is 1.75 bits per heavy atom. The summed E-state index contributed by atoms with van der Waals surface area (Å²) >= 11 is 3.63. The van der Waals surface area contributed by atoms with Crippen LogP contribution in [0.15, 0.2) is 65.1 Å². The Hall–Kier alpha value is -3.66. The first-order chi connectivity index (χ1) is 17.3. The second kappa shape index (κ2) is 9.42. The van der Waals surface area contributed by atoms with Gasteiger partial charge in [-0.3, -0.25) is 4.68 Å². The SMILES string of the molecule is COc1ccc(Cn2nnnc2C(F)(F)c2ccc3c(C)nn(Cc4cccc(C)c4Br)c3c2)cc1. The van der Waals surface area contributed by atoms with Crippen molar-refractivity contribution in [1.82, 2.24) is 30.0 Å². The van der Waals surface area contributed by atoms with Gasteiger partial charge >= 0.3 is 5.92 Å². The molecule has 0 spiro atoms. The molecule has 36 heavy (non-hydrogen) atoms. The lowest BCUT2D eigenvalue weighted by Gasteiger charge is -2.17. The first kappa shape index (κ1) is 24.1. The monoisotopic (exact) mass is 552 g/mol. The number of halogens is 3. The number of nitrogens with zero attached hydrogens (tertiary/aromatic N) is 6. The Kier molecular flexibility index (Phi) is 6.29. The minimum Gasteiger partial charge on any atom is -0.497 e. The van der Waals surface area contributed by atoms with Crippen molar-refractivity contribution < 1.29 is 13.5 Å². The second-order valence-electron chi connectivity index (χ2n) is 8.61. The third-order valence-corrected chi connectivity index (χ3v) is 7.33. The minimum absolute atomic E-state index is 0.0998. The third kappa shape index (κ3) is 4.37. The van der Waals surface area contributed by atoms with Crippen LogP contribution in [-0.2, 0) is 19.0 Å². The van der Waals surface area contributed by atoms with E-state index in [0.29, 0.717) is 17.8 Å². The molecule has 3 aromatic carbocycles. The van der Waals surface area contributed by atoms with Gasteiger partial charge in [0.1, 0.15) is 5.75 Å². The molecule has 10 heteroatoms. The summed E-state index contributed by atoms with van der Waals surface area (Å²) in [6.07, 6.45) is 0. The van der Waals surface area contributed by atoms with Crippen LogP contribution in [0.1, 0.15) is 33.8 Å². The van der Waals surface area contributed by atoms with Gasteiger partial charge in [-0.2, -0.15) is 13.9 Å². The predicted octanol–water partition coefficient (Wildman–Crippen LogP) is 5.65. The number of hydrogen-bond donors (Lipinski definition) is 0. The zero-order chi connectivity index (χ0) is 25.4. The molecule has 0 N–H and O–H groups in total. The lowest BCUT2D eigenvalue weighted by Crippen LogP contribution is -2.23. The molecule has 0 radical (unpaired) electrons. The molecule has 0 aliphatic carbocycles. The first-order valence-electron chi connectivity index (χ1n) is 11.3.